The highest BCUT2D eigenvalue weighted by Crippen LogP contribution is 2.27. The van der Waals surface area contributed by atoms with Crippen molar-refractivity contribution in [3.63, 3.8) is 0 Å². The van der Waals surface area contributed by atoms with Crippen LogP contribution in [0.5, 0.6) is 0 Å². The molecule has 0 aliphatic heterocycles. The maximum atomic E-state index is 12.3. The summed E-state index contributed by atoms with van der Waals surface area (Å²) in [7, 11) is 1.10. The zero-order valence-corrected chi connectivity index (χ0v) is 14.1. The van der Waals surface area contributed by atoms with Crippen molar-refractivity contribution < 1.29 is 24.0 Å². The van der Waals surface area contributed by atoms with Crippen LogP contribution in [0.4, 0.5) is 15.5 Å². The topological polar surface area (TPSA) is 128 Å². The van der Waals surface area contributed by atoms with Crippen molar-refractivity contribution in [1.82, 2.24) is 5.32 Å². The molecule has 25 heavy (non-hydrogen) atoms. The van der Waals surface area contributed by atoms with E-state index in [1.54, 1.807) is 0 Å². The fourth-order valence-corrected chi connectivity index (χ4v) is 2.75. The molecule has 0 bridgehead atoms. The van der Waals surface area contributed by atoms with E-state index in [9.17, 15) is 24.5 Å². The minimum atomic E-state index is -0.949. The molecule has 0 fully saturated rings. The van der Waals surface area contributed by atoms with Crippen molar-refractivity contribution in [2.75, 3.05) is 12.4 Å². The Kier molecular flexibility index (Phi) is 5.67. The maximum Gasteiger partial charge on any atom is 0.413 e. The number of nitrogens with zero attached hydrogens (tertiary/aromatic N) is 1. The summed E-state index contributed by atoms with van der Waals surface area (Å²) in [5, 5.41) is 16.9. The van der Waals surface area contributed by atoms with E-state index in [4.69, 9.17) is 11.6 Å². The normalized spacial score (nSPS) is 10.0. The van der Waals surface area contributed by atoms with E-state index in [2.05, 4.69) is 10.1 Å². The Balaban J connectivity index is 2.24. The van der Waals surface area contributed by atoms with E-state index in [-0.39, 0.29) is 26.8 Å². The molecule has 1 aromatic carbocycles. The van der Waals surface area contributed by atoms with Crippen molar-refractivity contribution in [2.45, 2.75) is 0 Å². The van der Waals surface area contributed by atoms with Crippen LogP contribution in [0.25, 0.3) is 0 Å². The number of rotatable bonds is 4. The molecule has 0 unspecified atom stereocenters. The van der Waals surface area contributed by atoms with E-state index < -0.39 is 22.8 Å². The van der Waals surface area contributed by atoms with Gasteiger partial charge >= 0.3 is 6.09 Å². The number of hydrogen-bond acceptors (Lipinski definition) is 7. The molecule has 2 rings (SSSR count). The summed E-state index contributed by atoms with van der Waals surface area (Å²) in [6.07, 6.45) is -0.949. The molecule has 2 N–H and O–H groups in total. The Morgan fingerprint density at radius 2 is 1.92 bits per heavy atom. The second-order valence-corrected chi connectivity index (χ2v) is 5.81. The van der Waals surface area contributed by atoms with Crippen LogP contribution in [-0.2, 0) is 4.74 Å². The third-order valence-electron chi connectivity index (χ3n) is 2.94. The molecule has 0 saturated carbocycles. The number of nitrogens with one attached hydrogen (secondary N) is 2. The second kappa shape index (κ2) is 7.73. The van der Waals surface area contributed by atoms with Gasteiger partial charge in [-0.15, -0.1) is 11.3 Å². The van der Waals surface area contributed by atoms with Gasteiger partial charge in [0, 0.05) is 12.1 Å². The van der Waals surface area contributed by atoms with E-state index in [0.29, 0.717) is 0 Å². The quantitative estimate of drug-likeness (QED) is 0.616. The number of nitro groups is 1. The van der Waals surface area contributed by atoms with Crippen LogP contribution in [0.2, 0.25) is 5.02 Å². The summed E-state index contributed by atoms with van der Waals surface area (Å²) in [5.74, 6) is -1.50. The number of hydrogen-bond donors (Lipinski definition) is 2. The zero-order chi connectivity index (χ0) is 18.6. The monoisotopic (exact) mass is 383 g/mol. The maximum absolute atomic E-state index is 12.3. The van der Waals surface area contributed by atoms with Crippen LogP contribution in [0.15, 0.2) is 29.6 Å². The van der Waals surface area contributed by atoms with Crippen LogP contribution in [0, 0.1) is 10.1 Å². The summed E-state index contributed by atoms with van der Waals surface area (Å²) in [6, 6.07) is 4.82. The summed E-state index contributed by atoms with van der Waals surface area (Å²) in [6.45, 7) is 0. The van der Waals surface area contributed by atoms with Crippen LogP contribution < -0.4 is 10.6 Å². The van der Waals surface area contributed by atoms with Crippen molar-refractivity contribution in [3.05, 3.63) is 55.9 Å². The fraction of sp³-hybridized carbons (Fsp3) is 0.0714. The van der Waals surface area contributed by atoms with Gasteiger partial charge in [0.2, 0.25) is 0 Å². The highest BCUT2D eigenvalue weighted by atomic mass is 35.5. The lowest BCUT2D eigenvalue weighted by Crippen LogP contribution is -2.30. The third-order valence-corrected chi connectivity index (χ3v) is 4.10. The fourth-order valence-electron chi connectivity index (χ4n) is 1.77. The number of halogens is 1. The summed E-state index contributed by atoms with van der Waals surface area (Å²) in [5.41, 5.74) is -0.390. The smallest absolute Gasteiger partial charge is 0.413 e. The highest BCUT2D eigenvalue weighted by molar-refractivity contribution is 7.14. The van der Waals surface area contributed by atoms with Gasteiger partial charge in [-0.1, -0.05) is 11.6 Å². The molecule has 0 aliphatic carbocycles. The first-order valence-corrected chi connectivity index (χ1v) is 7.81. The van der Waals surface area contributed by atoms with Gasteiger partial charge < -0.3 is 10.1 Å². The van der Waals surface area contributed by atoms with Gasteiger partial charge in [-0.05, 0) is 17.5 Å². The standard InChI is InChI=1S/C14H10ClN3O6S/c1-24-14(21)17-11(19)8-4-5-25-13(8)16-12(20)9-6-7(18(22)23)2-3-10(9)15/h2-6H,1H3,(H,16,20)(H,17,19,21). The lowest BCUT2D eigenvalue weighted by atomic mass is 10.2. The number of anilines is 1. The minimum absolute atomic E-state index is 0.0141. The van der Waals surface area contributed by atoms with Crippen molar-refractivity contribution in [2.24, 2.45) is 0 Å². The Labute approximate surface area is 149 Å². The van der Waals surface area contributed by atoms with E-state index in [1.807, 2.05) is 5.32 Å². The number of imide groups is 1. The van der Waals surface area contributed by atoms with Gasteiger partial charge in [-0.25, -0.2) is 4.79 Å². The zero-order valence-electron chi connectivity index (χ0n) is 12.6. The number of amides is 3. The molecule has 1 aromatic heterocycles. The van der Waals surface area contributed by atoms with Crippen molar-refractivity contribution in [1.29, 1.82) is 0 Å². The number of thiophene rings is 1. The van der Waals surface area contributed by atoms with Crippen LogP contribution >= 0.6 is 22.9 Å². The highest BCUT2D eigenvalue weighted by Gasteiger charge is 2.20. The van der Waals surface area contributed by atoms with Gasteiger partial charge in [-0.2, -0.15) is 0 Å². The molecule has 0 radical (unpaired) electrons. The van der Waals surface area contributed by atoms with Gasteiger partial charge in [0.1, 0.15) is 5.00 Å². The number of alkyl carbamates (subject to hydrolysis) is 1. The molecule has 0 spiro atoms. The third kappa shape index (κ3) is 4.31. The number of carbonyl (C=O) groups excluding carboxylic acids is 3. The van der Waals surface area contributed by atoms with Gasteiger partial charge in [0.15, 0.2) is 0 Å². The number of carbonyl (C=O) groups is 3. The largest absolute Gasteiger partial charge is 0.453 e. The van der Waals surface area contributed by atoms with Gasteiger partial charge in [0.05, 0.1) is 28.2 Å². The number of nitro benzene ring substituents is 1. The lowest BCUT2D eigenvalue weighted by Gasteiger charge is -2.07. The number of methoxy groups -OCH3 is 1. The Morgan fingerprint density at radius 3 is 2.56 bits per heavy atom. The van der Waals surface area contributed by atoms with Gasteiger partial charge in [0.25, 0.3) is 17.5 Å². The Morgan fingerprint density at radius 1 is 1.20 bits per heavy atom. The molecule has 130 valence electrons. The van der Waals surface area contributed by atoms with E-state index >= 15 is 0 Å². The predicted octanol–water partition coefficient (Wildman–Crippen LogP) is 3.06. The summed E-state index contributed by atoms with van der Waals surface area (Å²) < 4.78 is 4.32. The summed E-state index contributed by atoms with van der Waals surface area (Å²) >= 11 is 6.94. The molecule has 0 atom stereocenters. The average molecular weight is 384 g/mol. The predicted molar refractivity (Wildman–Crippen MR) is 90.2 cm³/mol. The Hall–Kier alpha value is -2.98. The first-order chi connectivity index (χ1) is 11.8. The van der Waals surface area contributed by atoms with Crippen molar-refractivity contribution in [3.8, 4) is 0 Å². The molecule has 1 heterocycles. The molecule has 0 saturated heterocycles. The van der Waals surface area contributed by atoms with E-state index in [0.717, 1.165) is 24.5 Å². The van der Waals surface area contributed by atoms with Crippen LogP contribution in [-0.4, -0.2) is 29.9 Å². The SMILES string of the molecule is COC(=O)NC(=O)c1ccsc1NC(=O)c1cc([N+](=O)[O-])ccc1Cl. The van der Waals surface area contributed by atoms with Gasteiger partial charge in [-0.3, -0.25) is 25.0 Å². The van der Waals surface area contributed by atoms with Crippen LogP contribution in [0.3, 0.4) is 0 Å². The lowest BCUT2D eigenvalue weighted by molar-refractivity contribution is -0.384. The number of ether oxygens (including phenoxy) is 1. The molecule has 11 heteroatoms. The van der Waals surface area contributed by atoms with Crippen molar-refractivity contribution >= 4 is 51.5 Å². The minimum Gasteiger partial charge on any atom is -0.453 e. The molecule has 0 aliphatic rings. The average Bonchev–Trinajstić information content (AvgIpc) is 3.02. The molecule has 9 nitrogen and oxygen atoms in total. The summed E-state index contributed by atoms with van der Waals surface area (Å²) in [4.78, 5) is 45.5. The molecule has 3 amide bonds. The first kappa shape index (κ1) is 18.4. The number of non-ortho nitro benzene ring substituents is 1. The molecule has 2 aromatic rings. The first-order valence-electron chi connectivity index (χ1n) is 6.55. The van der Waals surface area contributed by atoms with Crippen LogP contribution in [0.1, 0.15) is 20.7 Å². The molecular weight excluding hydrogens is 374 g/mol. The molecular formula is C14H10ClN3O6S. The van der Waals surface area contributed by atoms with E-state index in [1.165, 1.54) is 23.6 Å². The number of benzene rings is 1. The second-order valence-electron chi connectivity index (χ2n) is 4.48. The Bertz CT molecular complexity index is 866.